The van der Waals surface area contributed by atoms with Crippen molar-refractivity contribution in [3.8, 4) is 0 Å². The molecule has 0 aromatic carbocycles. The summed E-state index contributed by atoms with van der Waals surface area (Å²) in [5, 5.41) is 54.0. The molecule has 1 aliphatic heterocycles. The highest BCUT2D eigenvalue weighted by Crippen LogP contribution is 2.23. The van der Waals surface area contributed by atoms with Crippen LogP contribution in [0.1, 0.15) is 206 Å². The summed E-state index contributed by atoms with van der Waals surface area (Å²) in [6.45, 7) is 4.12. The van der Waals surface area contributed by atoms with Crippen LogP contribution in [0.25, 0.3) is 0 Å². The molecule has 1 amide bonds. The minimum absolute atomic E-state index is 0.0365. The van der Waals surface area contributed by atoms with E-state index in [0.717, 1.165) is 77.0 Å². The first-order valence-corrected chi connectivity index (χ1v) is 24.8. The number of carbonyl (C=O) groups excluding carboxylic acids is 2. The molecular weight excluding hydrogens is 775 g/mol. The highest BCUT2D eigenvalue weighted by molar-refractivity contribution is 5.76. The van der Waals surface area contributed by atoms with E-state index in [1.165, 1.54) is 96.3 Å². The number of esters is 1. The third kappa shape index (κ3) is 31.4. The Balaban J connectivity index is 2.19. The van der Waals surface area contributed by atoms with Gasteiger partial charge in [0.2, 0.25) is 5.91 Å². The monoisotopic (exact) mass is 866 g/mol. The predicted molar refractivity (Wildman–Crippen MR) is 246 cm³/mol. The third-order valence-corrected chi connectivity index (χ3v) is 11.5. The van der Waals surface area contributed by atoms with Crippen molar-refractivity contribution in [1.29, 1.82) is 0 Å². The first kappa shape index (κ1) is 56.9. The van der Waals surface area contributed by atoms with Gasteiger partial charge in [-0.05, 0) is 51.4 Å². The van der Waals surface area contributed by atoms with Gasteiger partial charge in [-0.25, -0.2) is 0 Å². The van der Waals surface area contributed by atoms with E-state index in [-0.39, 0.29) is 18.5 Å². The summed E-state index contributed by atoms with van der Waals surface area (Å²) in [5.41, 5.74) is 0. The number of rotatable bonds is 41. The standard InChI is InChI=1S/C50H91NO10/c1-3-5-7-9-11-13-17-22-26-30-34-38-46(55)59-39-35-31-27-23-19-16-15-18-21-25-29-33-37-45(54)51-42(41-60-50-49(58)48(57)47(56)44(40-52)61-50)43(53)36-32-28-24-20-14-12-10-8-6-4-2/h6,8,14,20,32,36,42-44,47-50,52-53,56-58H,3-5,7,9-13,15-19,21-31,33-35,37-41H2,1-2H3,(H,51,54)/b8-6+,20-14+,36-32+. The molecule has 7 unspecified atom stereocenters. The highest BCUT2D eigenvalue weighted by atomic mass is 16.7. The number of nitrogens with one attached hydrogen (secondary N) is 1. The normalized spacial score (nSPS) is 20.5. The molecule has 0 bridgehead atoms. The van der Waals surface area contributed by atoms with E-state index in [0.29, 0.717) is 25.9 Å². The van der Waals surface area contributed by atoms with Crippen molar-refractivity contribution in [3.05, 3.63) is 36.5 Å². The van der Waals surface area contributed by atoms with Crippen molar-refractivity contribution < 1.29 is 49.3 Å². The summed E-state index contributed by atoms with van der Waals surface area (Å²) >= 11 is 0. The molecule has 1 aliphatic rings. The molecule has 11 heteroatoms. The molecule has 61 heavy (non-hydrogen) atoms. The zero-order chi connectivity index (χ0) is 44.6. The van der Waals surface area contributed by atoms with Crippen molar-refractivity contribution in [1.82, 2.24) is 5.32 Å². The lowest BCUT2D eigenvalue weighted by Crippen LogP contribution is -2.60. The Kier molecular flexibility index (Phi) is 37.9. The van der Waals surface area contributed by atoms with Gasteiger partial charge in [-0.15, -0.1) is 0 Å². The molecule has 1 saturated heterocycles. The second-order valence-electron chi connectivity index (χ2n) is 17.1. The largest absolute Gasteiger partial charge is 0.466 e. The first-order chi connectivity index (χ1) is 29.7. The Hall–Kier alpha value is -2.12. The van der Waals surface area contributed by atoms with E-state index < -0.39 is 49.5 Å². The van der Waals surface area contributed by atoms with Crippen LogP contribution >= 0.6 is 0 Å². The summed E-state index contributed by atoms with van der Waals surface area (Å²) in [4.78, 5) is 25.0. The molecule has 11 nitrogen and oxygen atoms in total. The molecule has 0 saturated carbocycles. The summed E-state index contributed by atoms with van der Waals surface area (Å²) in [6, 6.07) is -0.844. The second kappa shape index (κ2) is 40.6. The predicted octanol–water partition coefficient (Wildman–Crippen LogP) is 9.60. The molecular formula is C50H91NO10. The van der Waals surface area contributed by atoms with Gasteiger partial charge < -0.3 is 45.1 Å². The third-order valence-electron chi connectivity index (χ3n) is 11.5. The maximum absolute atomic E-state index is 12.9. The SMILES string of the molecule is CC/C=C/CC/C=C/CC/C=C/C(O)C(COC1OC(CO)C(O)C(O)C1O)NC(=O)CCCCCCCCCCCCCCOC(=O)CCCCCCCCCCCCC. The number of ether oxygens (including phenoxy) is 3. The topological polar surface area (TPSA) is 175 Å². The quantitative estimate of drug-likeness (QED) is 0.0197. The van der Waals surface area contributed by atoms with E-state index in [4.69, 9.17) is 14.2 Å². The Morgan fingerprint density at radius 1 is 0.607 bits per heavy atom. The Morgan fingerprint density at radius 2 is 1.08 bits per heavy atom. The summed E-state index contributed by atoms with van der Waals surface area (Å²) in [6.07, 6.45) is 36.6. The van der Waals surface area contributed by atoms with Crippen molar-refractivity contribution in [3.63, 3.8) is 0 Å². The minimum Gasteiger partial charge on any atom is -0.466 e. The maximum Gasteiger partial charge on any atom is 0.305 e. The zero-order valence-electron chi connectivity index (χ0n) is 38.6. The van der Waals surface area contributed by atoms with Gasteiger partial charge in [0, 0.05) is 12.8 Å². The zero-order valence-corrected chi connectivity index (χ0v) is 38.6. The lowest BCUT2D eigenvalue weighted by atomic mass is 9.99. The molecule has 6 N–H and O–H groups in total. The maximum atomic E-state index is 12.9. The fourth-order valence-electron chi connectivity index (χ4n) is 7.53. The molecule has 0 radical (unpaired) electrons. The van der Waals surface area contributed by atoms with Gasteiger partial charge in [0.1, 0.15) is 24.4 Å². The number of aliphatic hydroxyl groups excluding tert-OH is 5. The number of allylic oxidation sites excluding steroid dienone is 5. The average Bonchev–Trinajstić information content (AvgIpc) is 3.25. The Labute approximate surface area is 371 Å². The number of hydrogen-bond donors (Lipinski definition) is 6. The van der Waals surface area contributed by atoms with Crippen LogP contribution in [0, 0.1) is 0 Å². The van der Waals surface area contributed by atoms with Gasteiger partial charge in [0.05, 0.1) is 32.0 Å². The molecule has 0 aliphatic carbocycles. The molecule has 7 atom stereocenters. The fraction of sp³-hybridized carbons (Fsp3) is 0.840. The Bertz CT molecular complexity index is 1110. The van der Waals surface area contributed by atoms with Gasteiger partial charge in [-0.1, -0.05) is 179 Å². The van der Waals surface area contributed by atoms with Crippen LogP contribution in [0.4, 0.5) is 0 Å². The minimum atomic E-state index is -1.58. The molecule has 0 aromatic heterocycles. The van der Waals surface area contributed by atoms with E-state index in [1.54, 1.807) is 6.08 Å². The van der Waals surface area contributed by atoms with Crippen LogP contribution in [-0.4, -0.2) is 100 Å². The number of unbranched alkanes of at least 4 members (excludes halogenated alkanes) is 23. The van der Waals surface area contributed by atoms with Crippen LogP contribution in [0.2, 0.25) is 0 Å². The number of carbonyl (C=O) groups is 2. The van der Waals surface area contributed by atoms with Crippen LogP contribution in [-0.2, 0) is 23.8 Å². The van der Waals surface area contributed by atoms with Crippen molar-refractivity contribution in [2.75, 3.05) is 19.8 Å². The Morgan fingerprint density at radius 3 is 1.61 bits per heavy atom. The number of hydrogen-bond acceptors (Lipinski definition) is 10. The molecule has 0 aromatic rings. The van der Waals surface area contributed by atoms with Gasteiger partial charge >= 0.3 is 5.97 Å². The van der Waals surface area contributed by atoms with Crippen LogP contribution < -0.4 is 5.32 Å². The van der Waals surface area contributed by atoms with E-state index in [9.17, 15) is 35.1 Å². The van der Waals surface area contributed by atoms with E-state index >= 15 is 0 Å². The molecule has 1 fully saturated rings. The van der Waals surface area contributed by atoms with Crippen molar-refractivity contribution >= 4 is 11.9 Å². The summed E-state index contributed by atoms with van der Waals surface area (Å²) in [5.74, 6) is -0.252. The lowest BCUT2D eigenvalue weighted by molar-refractivity contribution is -0.302. The number of aliphatic hydroxyl groups is 5. The van der Waals surface area contributed by atoms with Gasteiger partial charge in [0.25, 0.3) is 0 Å². The molecule has 1 rings (SSSR count). The van der Waals surface area contributed by atoms with Gasteiger partial charge in [-0.3, -0.25) is 9.59 Å². The van der Waals surface area contributed by atoms with Crippen molar-refractivity contribution in [2.24, 2.45) is 0 Å². The smallest absolute Gasteiger partial charge is 0.305 e. The lowest BCUT2D eigenvalue weighted by Gasteiger charge is -2.40. The summed E-state index contributed by atoms with van der Waals surface area (Å²) < 4.78 is 16.6. The molecule has 1 heterocycles. The molecule has 0 spiro atoms. The van der Waals surface area contributed by atoms with Gasteiger partial charge in [0.15, 0.2) is 6.29 Å². The van der Waals surface area contributed by atoms with Crippen LogP contribution in [0.3, 0.4) is 0 Å². The van der Waals surface area contributed by atoms with E-state index in [1.807, 2.05) is 6.08 Å². The fourth-order valence-corrected chi connectivity index (χ4v) is 7.53. The van der Waals surface area contributed by atoms with E-state index in [2.05, 4.69) is 43.5 Å². The van der Waals surface area contributed by atoms with Crippen LogP contribution in [0.5, 0.6) is 0 Å². The number of amides is 1. The van der Waals surface area contributed by atoms with Crippen molar-refractivity contribution in [2.45, 2.75) is 249 Å². The first-order valence-electron chi connectivity index (χ1n) is 24.8. The molecule has 356 valence electrons. The second-order valence-corrected chi connectivity index (χ2v) is 17.1. The van der Waals surface area contributed by atoms with Gasteiger partial charge in [-0.2, -0.15) is 0 Å². The average molecular weight is 866 g/mol. The highest BCUT2D eigenvalue weighted by Gasteiger charge is 2.44. The summed E-state index contributed by atoms with van der Waals surface area (Å²) in [7, 11) is 0. The van der Waals surface area contributed by atoms with Crippen LogP contribution in [0.15, 0.2) is 36.5 Å².